The molecule has 0 aliphatic carbocycles. The fourth-order valence-corrected chi connectivity index (χ4v) is 3.88. The normalized spacial score (nSPS) is 11.3. The number of thiophene rings is 1. The Kier molecular flexibility index (Phi) is 3.31. The van der Waals surface area contributed by atoms with Crippen LogP contribution in [-0.2, 0) is 0 Å². The number of anilines is 2. The maximum Gasteiger partial charge on any atom is 0.0729 e. The van der Waals surface area contributed by atoms with E-state index < -0.39 is 0 Å². The van der Waals surface area contributed by atoms with Gasteiger partial charge in [0.25, 0.3) is 0 Å². The zero-order valence-electron chi connectivity index (χ0n) is 13.5. The largest absolute Gasteiger partial charge is 0.355 e. The molecular weight excluding hydrogens is 300 g/mol. The first-order chi connectivity index (χ1) is 11.1. The molecule has 4 aromatic rings. The smallest absolute Gasteiger partial charge is 0.0729 e. The number of benzene rings is 2. The number of hydrogen-bond donors (Lipinski definition) is 1. The number of aryl methyl sites for hydroxylation is 3. The highest BCUT2D eigenvalue weighted by Crippen LogP contribution is 2.33. The molecule has 3 heteroatoms. The molecule has 0 saturated carbocycles. The van der Waals surface area contributed by atoms with Crippen molar-refractivity contribution in [2.75, 3.05) is 5.32 Å². The van der Waals surface area contributed by atoms with Crippen LogP contribution in [0.2, 0.25) is 0 Å². The molecule has 0 unspecified atom stereocenters. The van der Waals surface area contributed by atoms with Crippen molar-refractivity contribution in [1.82, 2.24) is 4.98 Å². The van der Waals surface area contributed by atoms with Gasteiger partial charge in [-0.25, -0.2) is 0 Å². The van der Waals surface area contributed by atoms with Crippen molar-refractivity contribution in [1.29, 1.82) is 0 Å². The van der Waals surface area contributed by atoms with Gasteiger partial charge in [-0.05, 0) is 72.5 Å². The van der Waals surface area contributed by atoms with Crippen LogP contribution in [0.5, 0.6) is 0 Å². The van der Waals surface area contributed by atoms with Crippen molar-refractivity contribution in [2.45, 2.75) is 20.8 Å². The highest BCUT2D eigenvalue weighted by molar-refractivity contribution is 7.17. The molecule has 0 bridgehead atoms. The second-order valence-electron chi connectivity index (χ2n) is 6.09. The molecule has 2 nitrogen and oxygen atoms in total. The minimum absolute atomic E-state index is 1.04. The predicted molar refractivity (Wildman–Crippen MR) is 101 cm³/mol. The summed E-state index contributed by atoms with van der Waals surface area (Å²) in [4.78, 5) is 4.56. The minimum Gasteiger partial charge on any atom is -0.355 e. The summed E-state index contributed by atoms with van der Waals surface area (Å²) in [6.07, 6.45) is 1.88. The van der Waals surface area contributed by atoms with Gasteiger partial charge in [0, 0.05) is 27.7 Å². The first kappa shape index (κ1) is 14.2. The van der Waals surface area contributed by atoms with Crippen molar-refractivity contribution in [3.05, 3.63) is 64.7 Å². The first-order valence-corrected chi connectivity index (χ1v) is 8.60. The third kappa shape index (κ3) is 2.47. The molecule has 114 valence electrons. The van der Waals surface area contributed by atoms with Crippen LogP contribution in [0.4, 0.5) is 11.4 Å². The van der Waals surface area contributed by atoms with Crippen molar-refractivity contribution in [3.63, 3.8) is 0 Å². The van der Waals surface area contributed by atoms with E-state index in [1.165, 1.54) is 32.2 Å². The molecular formula is C20H18N2S. The second kappa shape index (κ2) is 5.36. The van der Waals surface area contributed by atoms with E-state index >= 15 is 0 Å². The van der Waals surface area contributed by atoms with Crippen LogP contribution < -0.4 is 5.32 Å². The lowest BCUT2D eigenvalue weighted by Crippen LogP contribution is -1.95. The Balaban J connectivity index is 1.89. The van der Waals surface area contributed by atoms with Crippen molar-refractivity contribution < 1.29 is 0 Å². The number of hydrogen-bond acceptors (Lipinski definition) is 3. The molecule has 0 aliphatic heterocycles. The van der Waals surface area contributed by atoms with E-state index in [-0.39, 0.29) is 0 Å². The number of rotatable bonds is 2. The topological polar surface area (TPSA) is 24.9 Å². The third-order valence-corrected chi connectivity index (χ3v) is 5.36. The summed E-state index contributed by atoms with van der Waals surface area (Å²) in [7, 11) is 0. The average molecular weight is 318 g/mol. The van der Waals surface area contributed by atoms with E-state index in [0.29, 0.717) is 0 Å². The predicted octanol–water partition coefficient (Wildman–Crippen LogP) is 6.12. The van der Waals surface area contributed by atoms with Gasteiger partial charge >= 0.3 is 0 Å². The molecule has 0 fully saturated rings. The fourth-order valence-electron chi connectivity index (χ4n) is 2.92. The number of nitrogens with zero attached hydrogens (tertiary/aromatic N) is 1. The summed E-state index contributed by atoms with van der Waals surface area (Å²) < 4.78 is 1.31. The molecule has 2 aromatic carbocycles. The van der Waals surface area contributed by atoms with Crippen LogP contribution >= 0.6 is 11.3 Å². The van der Waals surface area contributed by atoms with Gasteiger partial charge in [-0.2, -0.15) is 0 Å². The first-order valence-electron chi connectivity index (χ1n) is 7.73. The number of pyridine rings is 1. The van der Waals surface area contributed by atoms with Gasteiger partial charge in [0.15, 0.2) is 0 Å². The fraction of sp³-hybridized carbons (Fsp3) is 0.150. The zero-order valence-corrected chi connectivity index (χ0v) is 14.3. The maximum absolute atomic E-state index is 4.56. The summed E-state index contributed by atoms with van der Waals surface area (Å²) in [5.74, 6) is 0. The highest BCUT2D eigenvalue weighted by Gasteiger charge is 2.08. The Hall–Kier alpha value is -2.39. The van der Waals surface area contributed by atoms with Crippen molar-refractivity contribution >= 4 is 43.7 Å². The molecule has 2 aromatic heterocycles. The molecule has 23 heavy (non-hydrogen) atoms. The molecule has 0 radical (unpaired) electrons. The quantitative estimate of drug-likeness (QED) is 0.481. The molecule has 0 saturated heterocycles. The monoisotopic (exact) mass is 318 g/mol. The second-order valence-corrected chi connectivity index (χ2v) is 7.00. The number of fused-ring (bicyclic) bond motifs is 2. The Labute approximate surface area is 139 Å². The highest BCUT2D eigenvalue weighted by atomic mass is 32.1. The van der Waals surface area contributed by atoms with Crippen LogP contribution in [0.1, 0.15) is 16.7 Å². The van der Waals surface area contributed by atoms with Crippen LogP contribution in [0.3, 0.4) is 0 Å². The lowest BCUT2D eigenvalue weighted by molar-refractivity contribution is 1.37. The molecule has 0 spiro atoms. The van der Waals surface area contributed by atoms with E-state index in [2.05, 4.69) is 72.9 Å². The molecule has 1 N–H and O–H groups in total. The van der Waals surface area contributed by atoms with Gasteiger partial charge in [0.2, 0.25) is 0 Å². The summed E-state index contributed by atoms with van der Waals surface area (Å²) >= 11 is 1.79. The SMILES string of the molecule is Cc1ccc(C)c(Nc2ccnc3cc4c(C)csc4cc23)c1. The lowest BCUT2D eigenvalue weighted by atomic mass is 10.1. The molecule has 4 rings (SSSR count). The van der Waals surface area contributed by atoms with Crippen LogP contribution in [0.15, 0.2) is 48.0 Å². The zero-order chi connectivity index (χ0) is 16.0. The van der Waals surface area contributed by atoms with Crippen LogP contribution in [0, 0.1) is 20.8 Å². The van der Waals surface area contributed by atoms with E-state index in [9.17, 15) is 0 Å². The van der Waals surface area contributed by atoms with Gasteiger partial charge in [0.05, 0.1) is 5.52 Å². The molecule has 0 atom stereocenters. The minimum atomic E-state index is 1.04. The van der Waals surface area contributed by atoms with Gasteiger partial charge in [0.1, 0.15) is 0 Å². The van der Waals surface area contributed by atoms with Gasteiger partial charge in [-0.3, -0.25) is 4.98 Å². The van der Waals surface area contributed by atoms with E-state index in [1.54, 1.807) is 11.3 Å². The van der Waals surface area contributed by atoms with Crippen molar-refractivity contribution in [2.24, 2.45) is 0 Å². The van der Waals surface area contributed by atoms with Crippen molar-refractivity contribution in [3.8, 4) is 0 Å². The lowest BCUT2D eigenvalue weighted by Gasteiger charge is -2.13. The van der Waals surface area contributed by atoms with Gasteiger partial charge in [-0.1, -0.05) is 12.1 Å². The van der Waals surface area contributed by atoms with Crippen LogP contribution in [-0.4, -0.2) is 4.98 Å². The Morgan fingerprint density at radius 2 is 1.74 bits per heavy atom. The van der Waals surface area contributed by atoms with E-state index in [1.807, 2.05) is 6.20 Å². The summed E-state index contributed by atoms with van der Waals surface area (Å²) in [5.41, 5.74) is 7.12. The van der Waals surface area contributed by atoms with Crippen LogP contribution in [0.25, 0.3) is 21.0 Å². The summed E-state index contributed by atoms with van der Waals surface area (Å²) in [5, 5.41) is 8.28. The standard InChI is InChI=1S/C20H18N2S/c1-12-4-5-13(2)18(8-12)22-17-6-7-21-19-9-15-14(3)11-23-20(15)10-16(17)19/h4-11H,1-3H3,(H,21,22). The molecule has 0 amide bonds. The number of aromatic nitrogens is 1. The number of nitrogens with one attached hydrogen (secondary N) is 1. The van der Waals surface area contributed by atoms with Gasteiger partial charge < -0.3 is 5.32 Å². The molecule has 2 heterocycles. The molecule has 0 aliphatic rings. The maximum atomic E-state index is 4.56. The summed E-state index contributed by atoms with van der Waals surface area (Å²) in [6, 6.07) is 13.0. The third-order valence-electron chi connectivity index (χ3n) is 4.29. The average Bonchev–Trinajstić information content (AvgIpc) is 2.90. The Morgan fingerprint density at radius 3 is 2.61 bits per heavy atom. The Bertz CT molecular complexity index is 1030. The summed E-state index contributed by atoms with van der Waals surface area (Å²) in [6.45, 7) is 6.40. The van der Waals surface area contributed by atoms with E-state index in [4.69, 9.17) is 0 Å². The van der Waals surface area contributed by atoms with E-state index in [0.717, 1.165) is 16.9 Å². The Morgan fingerprint density at radius 1 is 0.870 bits per heavy atom. The van der Waals surface area contributed by atoms with Gasteiger partial charge in [-0.15, -0.1) is 11.3 Å².